The molecule has 12 heavy (non-hydrogen) atoms. The standard InChI is InChI=1S/C7H20N2O2Si/c1-4-10-12(3,11-5-2)9-7-6-8/h9H,4-8H2,1-3H3. The highest BCUT2D eigenvalue weighted by Crippen LogP contribution is 2.01. The highest BCUT2D eigenvalue weighted by Gasteiger charge is 2.30. The molecule has 0 aromatic rings. The van der Waals surface area contributed by atoms with Crippen molar-refractivity contribution in [1.82, 2.24) is 4.98 Å². The Morgan fingerprint density at radius 1 is 1.25 bits per heavy atom. The molecule has 0 aromatic heterocycles. The van der Waals surface area contributed by atoms with Crippen molar-refractivity contribution in [2.45, 2.75) is 20.4 Å². The van der Waals surface area contributed by atoms with E-state index < -0.39 is 8.72 Å². The smallest absolute Gasteiger partial charge is 0.383 e. The van der Waals surface area contributed by atoms with Crippen LogP contribution in [0.15, 0.2) is 0 Å². The maximum atomic E-state index is 5.52. The molecule has 5 heteroatoms. The Morgan fingerprint density at radius 2 is 1.75 bits per heavy atom. The van der Waals surface area contributed by atoms with E-state index in [-0.39, 0.29) is 0 Å². The predicted molar refractivity (Wildman–Crippen MR) is 51.9 cm³/mol. The minimum atomic E-state index is -2.10. The van der Waals surface area contributed by atoms with E-state index in [0.29, 0.717) is 19.8 Å². The van der Waals surface area contributed by atoms with E-state index >= 15 is 0 Å². The van der Waals surface area contributed by atoms with Crippen LogP contribution < -0.4 is 10.7 Å². The number of hydrogen-bond donors (Lipinski definition) is 2. The van der Waals surface area contributed by atoms with Gasteiger partial charge in [-0.2, -0.15) is 0 Å². The average molecular weight is 192 g/mol. The van der Waals surface area contributed by atoms with Gasteiger partial charge in [0, 0.05) is 26.3 Å². The molecule has 0 bridgehead atoms. The van der Waals surface area contributed by atoms with E-state index in [4.69, 9.17) is 14.6 Å². The van der Waals surface area contributed by atoms with E-state index in [1.807, 2.05) is 20.4 Å². The second-order valence-corrected chi connectivity index (χ2v) is 5.35. The molecule has 0 amide bonds. The molecule has 0 aliphatic rings. The van der Waals surface area contributed by atoms with Crippen LogP contribution in [-0.2, 0) is 8.85 Å². The summed E-state index contributed by atoms with van der Waals surface area (Å²) in [6, 6.07) is 0. The van der Waals surface area contributed by atoms with Crippen LogP contribution in [0.4, 0.5) is 0 Å². The van der Waals surface area contributed by atoms with Crippen LogP contribution in [0.1, 0.15) is 13.8 Å². The Kier molecular flexibility index (Phi) is 6.59. The molecule has 0 fully saturated rings. The van der Waals surface area contributed by atoms with Gasteiger partial charge in [-0.25, -0.2) is 0 Å². The van der Waals surface area contributed by atoms with E-state index in [0.717, 1.165) is 6.54 Å². The molecule has 3 N–H and O–H groups in total. The van der Waals surface area contributed by atoms with Crippen LogP contribution in [0.3, 0.4) is 0 Å². The van der Waals surface area contributed by atoms with Gasteiger partial charge in [-0.05, 0) is 20.4 Å². The molecule has 0 aliphatic carbocycles. The van der Waals surface area contributed by atoms with Gasteiger partial charge in [0.25, 0.3) is 0 Å². The summed E-state index contributed by atoms with van der Waals surface area (Å²) < 4.78 is 11.0. The van der Waals surface area contributed by atoms with Crippen molar-refractivity contribution in [2.24, 2.45) is 5.73 Å². The van der Waals surface area contributed by atoms with Crippen molar-refractivity contribution in [1.29, 1.82) is 0 Å². The molecule has 0 aromatic carbocycles. The van der Waals surface area contributed by atoms with Crippen molar-refractivity contribution in [3.63, 3.8) is 0 Å². The molecule has 74 valence electrons. The number of rotatable bonds is 7. The van der Waals surface area contributed by atoms with Crippen molar-refractivity contribution in [2.75, 3.05) is 26.3 Å². The third kappa shape index (κ3) is 4.84. The highest BCUT2D eigenvalue weighted by atomic mass is 28.4. The minimum absolute atomic E-state index is 0.614. The molecule has 0 atom stereocenters. The Hall–Kier alpha value is 0.0569. The fraction of sp³-hybridized carbons (Fsp3) is 1.00. The van der Waals surface area contributed by atoms with E-state index in [1.165, 1.54) is 0 Å². The molecule has 0 heterocycles. The molecule has 0 radical (unpaired) electrons. The maximum absolute atomic E-state index is 5.52. The van der Waals surface area contributed by atoms with Crippen LogP contribution in [0.5, 0.6) is 0 Å². The third-order valence-electron chi connectivity index (χ3n) is 1.43. The van der Waals surface area contributed by atoms with Gasteiger partial charge in [-0.15, -0.1) is 0 Å². The topological polar surface area (TPSA) is 56.5 Å². The van der Waals surface area contributed by atoms with Crippen LogP contribution >= 0.6 is 0 Å². The van der Waals surface area contributed by atoms with Crippen LogP contribution in [-0.4, -0.2) is 35.0 Å². The fourth-order valence-electron chi connectivity index (χ4n) is 0.994. The Morgan fingerprint density at radius 3 is 2.08 bits per heavy atom. The Balaban J connectivity index is 3.80. The van der Waals surface area contributed by atoms with Gasteiger partial charge in [0.15, 0.2) is 0 Å². The maximum Gasteiger partial charge on any atom is 0.421 e. The van der Waals surface area contributed by atoms with Gasteiger partial charge < -0.3 is 14.6 Å². The first-order chi connectivity index (χ1) is 5.68. The monoisotopic (exact) mass is 192 g/mol. The summed E-state index contributed by atoms with van der Waals surface area (Å²) >= 11 is 0. The lowest BCUT2D eigenvalue weighted by Gasteiger charge is -2.25. The Bertz CT molecular complexity index is 108. The van der Waals surface area contributed by atoms with Crippen LogP contribution in [0.2, 0.25) is 6.55 Å². The van der Waals surface area contributed by atoms with Crippen molar-refractivity contribution in [3.8, 4) is 0 Å². The highest BCUT2D eigenvalue weighted by molar-refractivity contribution is 6.63. The zero-order valence-corrected chi connectivity index (χ0v) is 9.22. The number of hydrogen-bond acceptors (Lipinski definition) is 4. The second kappa shape index (κ2) is 6.56. The molecule has 0 aliphatic heterocycles. The number of nitrogens with two attached hydrogens (primary N) is 1. The van der Waals surface area contributed by atoms with Crippen molar-refractivity contribution < 1.29 is 8.85 Å². The SMILES string of the molecule is CCO[Si](C)(NCCN)OCC. The zero-order chi connectivity index (χ0) is 9.45. The largest absolute Gasteiger partial charge is 0.421 e. The molecular formula is C7H20N2O2Si. The lowest BCUT2D eigenvalue weighted by Crippen LogP contribution is -2.55. The third-order valence-corrected chi connectivity index (χ3v) is 4.00. The lowest BCUT2D eigenvalue weighted by atomic mass is 10.7. The molecule has 0 rings (SSSR count). The van der Waals surface area contributed by atoms with Gasteiger partial charge >= 0.3 is 8.72 Å². The predicted octanol–water partition coefficient (Wildman–Crippen LogP) is 0.176. The van der Waals surface area contributed by atoms with Gasteiger partial charge in [0.2, 0.25) is 0 Å². The first-order valence-electron chi connectivity index (χ1n) is 4.41. The van der Waals surface area contributed by atoms with Crippen molar-refractivity contribution in [3.05, 3.63) is 0 Å². The summed E-state index contributed by atoms with van der Waals surface area (Å²) in [5, 5.41) is 0. The molecule has 0 unspecified atom stereocenters. The van der Waals surface area contributed by atoms with Gasteiger partial charge in [0.1, 0.15) is 0 Å². The summed E-state index contributed by atoms with van der Waals surface area (Å²) in [6.45, 7) is 8.66. The summed E-state index contributed by atoms with van der Waals surface area (Å²) in [7, 11) is -2.10. The zero-order valence-electron chi connectivity index (χ0n) is 8.22. The molecule has 4 nitrogen and oxygen atoms in total. The fourth-order valence-corrected chi connectivity index (χ4v) is 2.98. The normalized spacial score (nSPS) is 12.0. The second-order valence-electron chi connectivity index (χ2n) is 2.53. The summed E-state index contributed by atoms with van der Waals surface area (Å²) in [5.74, 6) is 0. The van der Waals surface area contributed by atoms with Gasteiger partial charge in [-0.1, -0.05) is 0 Å². The first kappa shape index (κ1) is 12.1. The summed E-state index contributed by atoms with van der Waals surface area (Å²) in [6.07, 6.45) is 0. The summed E-state index contributed by atoms with van der Waals surface area (Å²) in [5.41, 5.74) is 5.38. The van der Waals surface area contributed by atoms with E-state index in [2.05, 4.69) is 4.98 Å². The van der Waals surface area contributed by atoms with Crippen molar-refractivity contribution >= 4 is 8.72 Å². The summed E-state index contributed by atoms with van der Waals surface area (Å²) in [4.78, 5) is 3.22. The molecule has 0 saturated carbocycles. The Labute approximate surface area is 75.8 Å². The molecule has 0 saturated heterocycles. The average Bonchev–Trinajstić information content (AvgIpc) is 2.02. The molecule has 0 spiro atoms. The van der Waals surface area contributed by atoms with E-state index in [1.54, 1.807) is 0 Å². The minimum Gasteiger partial charge on any atom is -0.383 e. The molecular weight excluding hydrogens is 172 g/mol. The first-order valence-corrected chi connectivity index (χ1v) is 6.73. The van der Waals surface area contributed by atoms with Gasteiger partial charge in [0.05, 0.1) is 0 Å². The van der Waals surface area contributed by atoms with E-state index in [9.17, 15) is 0 Å². The van der Waals surface area contributed by atoms with Crippen LogP contribution in [0, 0.1) is 0 Å². The van der Waals surface area contributed by atoms with Gasteiger partial charge in [-0.3, -0.25) is 4.98 Å². The van der Waals surface area contributed by atoms with Crippen LogP contribution in [0.25, 0.3) is 0 Å². The quantitative estimate of drug-likeness (QED) is 0.565. The number of nitrogens with one attached hydrogen (secondary N) is 1. The lowest BCUT2D eigenvalue weighted by molar-refractivity contribution is 0.178.